The number of carbonyl (C=O) groups is 1. The summed E-state index contributed by atoms with van der Waals surface area (Å²) in [4.78, 5) is 12.0. The Balaban J connectivity index is 1.89. The van der Waals surface area contributed by atoms with Crippen LogP contribution in [0.5, 0.6) is 5.75 Å². The average molecular weight is 271 g/mol. The molecule has 0 aliphatic rings. The first-order valence-corrected chi connectivity index (χ1v) is 6.90. The summed E-state index contributed by atoms with van der Waals surface area (Å²) in [5.41, 5.74) is 3.18. The van der Waals surface area contributed by atoms with Crippen molar-refractivity contribution in [3.8, 4) is 5.75 Å². The minimum atomic E-state index is 0.211. The zero-order valence-electron chi connectivity index (χ0n) is 12.3. The maximum Gasteiger partial charge on any atom is 0.179 e. The van der Waals surface area contributed by atoms with E-state index in [1.807, 2.05) is 42.9 Å². The molecule has 0 fully saturated rings. The maximum absolute atomic E-state index is 12.0. The van der Waals surface area contributed by atoms with Gasteiger partial charge in [-0.25, -0.2) is 0 Å². The molecule has 0 N–H and O–H groups in total. The van der Waals surface area contributed by atoms with E-state index >= 15 is 0 Å². The Bertz CT molecular complexity index is 599. The molecule has 0 bridgehead atoms. The second-order valence-corrected chi connectivity index (χ2v) is 5.09. The number of ether oxygens (including phenoxy) is 1. The van der Waals surface area contributed by atoms with E-state index in [1.165, 1.54) is 5.56 Å². The van der Waals surface area contributed by atoms with E-state index < -0.39 is 0 Å². The fraction of sp³-hybridized carbons (Fsp3) is 0.353. The SMILES string of the molecule is COc1ccc(CCCC(=O)c2cccn2C)cc1C. The summed E-state index contributed by atoms with van der Waals surface area (Å²) in [5, 5.41) is 0. The highest BCUT2D eigenvalue weighted by atomic mass is 16.5. The highest BCUT2D eigenvalue weighted by Gasteiger charge is 2.08. The Morgan fingerprint density at radius 1 is 1.30 bits per heavy atom. The Hall–Kier alpha value is -2.03. The third-order valence-electron chi connectivity index (χ3n) is 3.56. The molecule has 0 saturated heterocycles. The highest BCUT2D eigenvalue weighted by Crippen LogP contribution is 2.19. The summed E-state index contributed by atoms with van der Waals surface area (Å²) in [6, 6.07) is 9.97. The van der Waals surface area contributed by atoms with Crippen LogP contribution in [0.1, 0.15) is 34.5 Å². The molecular formula is C17H21NO2. The van der Waals surface area contributed by atoms with Crippen LogP contribution in [0.25, 0.3) is 0 Å². The molecular weight excluding hydrogens is 250 g/mol. The zero-order chi connectivity index (χ0) is 14.5. The van der Waals surface area contributed by atoms with Gasteiger partial charge in [0.1, 0.15) is 5.75 Å². The number of rotatable bonds is 6. The second kappa shape index (κ2) is 6.42. The van der Waals surface area contributed by atoms with E-state index in [0.717, 1.165) is 29.8 Å². The number of nitrogens with zero attached hydrogens (tertiary/aromatic N) is 1. The van der Waals surface area contributed by atoms with Gasteiger partial charge in [-0.05, 0) is 49.1 Å². The number of methoxy groups -OCH3 is 1. The molecule has 1 aromatic carbocycles. The lowest BCUT2D eigenvalue weighted by atomic mass is 10.0. The average Bonchev–Trinajstić information content (AvgIpc) is 2.85. The normalized spacial score (nSPS) is 10.6. The van der Waals surface area contributed by atoms with Gasteiger partial charge >= 0.3 is 0 Å². The zero-order valence-corrected chi connectivity index (χ0v) is 12.3. The summed E-state index contributed by atoms with van der Waals surface area (Å²) in [6.45, 7) is 2.04. The van der Waals surface area contributed by atoms with Gasteiger partial charge < -0.3 is 9.30 Å². The first-order valence-electron chi connectivity index (χ1n) is 6.90. The second-order valence-electron chi connectivity index (χ2n) is 5.09. The van der Waals surface area contributed by atoms with Gasteiger partial charge in [-0.15, -0.1) is 0 Å². The Morgan fingerprint density at radius 3 is 2.70 bits per heavy atom. The third kappa shape index (κ3) is 3.29. The van der Waals surface area contributed by atoms with Crippen LogP contribution < -0.4 is 4.74 Å². The molecule has 20 heavy (non-hydrogen) atoms. The largest absolute Gasteiger partial charge is 0.496 e. The summed E-state index contributed by atoms with van der Waals surface area (Å²) in [5.74, 6) is 1.12. The molecule has 0 spiro atoms. The van der Waals surface area contributed by atoms with Gasteiger partial charge in [0, 0.05) is 19.7 Å². The molecule has 1 aromatic heterocycles. The van der Waals surface area contributed by atoms with Crippen molar-refractivity contribution in [2.24, 2.45) is 7.05 Å². The minimum absolute atomic E-state index is 0.211. The molecule has 0 aliphatic heterocycles. The molecule has 106 valence electrons. The molecule has 3 nitrogen and oxygen atoms in total. The van der Waals surface area contributed by atoms with Crippen LogP contribution in [-0.4, -0.2) is 17.5 Å². The van der Waals surface area contributed by atoms with Crippen molar-refractivity contribution in [3.63, 3.8) is 0 Å². The summed E-state index contributed by atoms with van der Waals surface area (Å²) in [7, 11) is 3.58. The summed E-state index contributed by atoms with van der Waals surface area (Å²) < 4.78 is 7.12. The van der Waals surface area contributed by atoms with Crippen LogP contribution in [0.3, 0.4) is 0 Å². The van der Waals surface area contributed by atoms with Crippen LogP contribution in [0.4, 0.5) is 0 Å². The van der Waals surface area contributed by atoms with Crippen LogP contribution in [-0.2, 0) is 13.5 Å². The smallest absolute Gasteiger partial charge is 0.179 e. The van der Waals surface area contributed by atoms with Crippen molar-refractivity contribution in [2.75, 3.05) is 7.11 Å². The van der Waals surface area contributed by atoms with Crippen LogP contribution in [0.2, 0.25) is 0 Å². The van der Waals surface area contributed by atoms with Gasteiger partial charge in [0.2, 0.25) is 0 Å². The Morgan fingerprint density at radius 2 is 2.10 bits per heavy atom. The lowest BCUT2D eigenvalue weighted by molar-refractivity contribution is 0.0972. The van der Waals surface area contributed by atoms with E-state index in [-0.39, 0.29) is 5.78 Å². The Kier molecular flexibility index (Phi) is 4.61. The molecule has 2 rings (SSSR count). The maximum atomic E-state index is 12.0. The van der Waals surface area contributed by atoms with Crippen LogP contribution in [0.15, 0.2) is 36.5 Å². The topological polar surface area (TPSA) is 31.2 Å². The monoisotopic (exact) mass is 271 g/mol. The van der Waals surface area contributed by atoms with E-state index in [1.54, 1.807) is 7.11 Å². The molecule has 0 unspecified atom stereocenters. The number of ketones is 1. The molecule has 0 radical (unpaired) electrons. The fourth-order valence-electron chi connectivity index (χ4n) is 2.43. The molecule has 2 aromatic rings. The van der Waals surface area contributed by atoms with Crippen LogP contribution >= 0.6 is 0 Å². The molecule has 0 saturated carbocycles. The summed E-state index contributed by atoms with van der Waals surface area (Å²) in [6.07, 6.45) is 4.28. The lowest BCUT2D eigenvalue weighted by Gasteiger charge is -2.07. The molecule has 0 atom stereocenters. The van der Waals surface area contributed by atoms with Crippen molar-refractivity contribution < 1.29 is 9.53 Å². The molecule has 3 heteroatoms. The van der Waals surface area contributed by atoms with Gasteiger partial charge in [-0.3, -0.25) is 4.79 Å². The third-order valence-corrected chi connectivity index (χ3v) is 3.56. The highest BCUT2D eigenvalue weighted by molar-refractivity contribution is 5.94. The van der Waals surface area contributed by atoms with Gasteiger partial charge in [-0.2, -0.15) is 0 Å². The quantitative estimate of drug-likeness (QED) is 0.752. The number of carbonyl (C=O) groups excluding carboxylic acids is 1. The van der Waals surface area contributed by atoms with E-state index in [9.17, 15) is 4.79 Å². The number of hydrogen-bond donors (Lipinski definition) is 0. The number of benzene rings is 1. The molecule has 1 heterocycles. The van der Waals surface area contributed by atoms with Gasteiger partial charge in [0.05, 0.1) is 12.8 Å². The van der Waals surface area contributed by atoms with E-state index in [2.05, 4.69) is 12.1 Å². The lowest BCUT2D eigenvalue weighted by Crippen LogP contribution is -2.05. The first-order chi connectivity index (χ1) is 9.61. The van der Waals surface area contributed by atoms with Crippen molar-refractivity contribution in [1.29, 1.82) is 0 Å². The van der Waals surface area contributed by atoms with E-state index in [0.29, 0.717) is 6.42 Å². The minimum Gasteiger partial charge on any atom is -0.496 e. The summed E-state index contributed by atoms with van der Waals surface area (Å²) >= 11 is 0. The number of Topliss-reactive ketones (excluding diaryl/α,β-unsaturated/α-hetero) is 1. The van der Waals surface area contributed by atoms with Crippen LogP contribution in [0, 0.1) is 6.92 Å². The van der Waals surface area contributed by atoms with Crippen molar-refractivity contribution in [3.05, 3.63) is 53.3 Å². The van der Waals surface area contributed by atoms with Gasteiger partial charge in [0.15, 0.2) is 5.78 Å². The fourth-order valence-corrected chi connectivity index (χ4v) is 2.43. The van der Waals surface area contributed by atoms with Gasteiger partial charge in [-0.1, -0.05) is 12.1 Å². The first kappa shape index (κ1) is 14.4. The molecule has 0 aliphatic carbocycles. The number of aryl methyl sites for hydroxylation is 3. The predicted octanol–water partition coefficient (Wildman–Crippen LogP) is 3.55. The number of hydrogen-bond acceptors (Lipinski definition) is 2. The van der Waals surface area contributed by atoms with Crippen molar-refractivity contribution in [1.82, 2.24) is 4.57 Å². The standard InChI is InChI=1S/C17H21NO2/c1-13-12-14(9-10-17(13)20-3)6-4-8-16(19)15-7-5-11-18(15)2/h5,7,9-12H,4,6,8H2,1-3H3. The predicted molar refractivity (Wildman–Crippen MR) is 80.4 cm³/mol. The Labute approximate surface area is 120 Å². The van der Waals surface area contributed by atoms with Crippen molar-refractivity contribution in [2.45, 2.75) is 26.2 Å². The van der Waals surface area contributed by atoms with Crippen molar-refractivity contribution >= 4 is 5.78 Å². The van der Waals surface area contributed by atoms with E-state index in [4.69, 9.17) is 4.74 Å². The van der Waals surface area contributed by atoms with Gasteiger partial charge in [0.25, 0.3) is 0 Å². The molecule has 0 amide bonds. The number of aromatic nitrogens is 1.